The van der Waals surface area contributed by atoms with Crippen molar-refractivity contribution < 1.29 is 40.1 Å². The van der Waals surface area contributed by atoms with E-state index in [-0.39, 0.29) is 34.0 Å². The Morgan fingerprint density at radius 1 is 0.750 bits per heavy atom. The Labute approximate surface area is 228 Å². The van der Waals surface area contributed by atoms with Crippen LogP contribution in [0, 0.1) is 0 Å². The highest BCUT2D eigenvalue weighted by molar-refractivity contribution is 6.22. The molecule has 4 aromatic heterocycles. The minimum atomic E-state index is -2.33. The molecular formula is C21H25ClN10O8. The van der Waals surface area contributed by atoms with Crippen molar-refractivity contribution in [2.75, 3.05) is 24.7 Å². The highest BCUT2D eigenvalue weighted by Crippen LogP contribution is 2.53. The fraction of sp³-hybridized carbons (Fsp3) is 0.524. The zero-order valence-electron chi connectivity index (χ0n) is 20.4. The summed E-state index contributed by atoms with van der Waals surface area (Å²) in [6.45, 7) is -1.49. The summed E-state index contributed by atoms with van der Waals surface area (Å²) in [7, 11) is 0. The Bertz CT molecular complexity index is 1460. The third-order valence-corrected chi connectivity index (χ3v) is 8.12. The molecule has 2 aliphatic rings. The van der Waals surface area contributed by atoms with Crippen LogP contribution in [0.3, 0.4) is 0 Å². The number of fused-ring (bicyclic) bond motifs is 2. The summed E-state index contributed by atoms with van der Waals surface area (Å²) in [6.07, 6.45) is -5.47. The lowest BCUT2D eigenvalue weighted by atomic mass is 9.88. The highest BCUT2D eigenvalue weighted by Gasteiger charge is 2.71. The number of hydrogen-bond donors (Lipinski definition) is 8. The highest BCUT2D eigenvalue weighted by atomic mass is 35.5. The van der Waals surface area contributed by atoms with Crippen LogP contribution in [0.2, 0.25) is 0 Å². The minimum Gasteiger partial charge on any atom is -0.394 e. The van der Waals surface area contributed by atoms with Crippen LogP contribution in [-0.2, 0) is 20.9 Å². The third kappa shape index (κ3) is 3.33. The molecule has 0 aliphatic carbocycles. The number of aliphatic hydroxyl groups excluding tert-OH is 6. The van der Waals surface area contributed by atoms with E-state index in [2.05, 4.69) is 29.9 Å². The maximum atomic E-state index is 11.6. The monoisotopic (exact) mass is 580 g/mol. The number of nitrogens with zero attached hydrogens (tertiary/aromatic N) is 8. The Morgan fingerprint density at radius 2 is 1.15 bits per heavy atom. The van der Waals surface area contributed by atoms with Gasteiger partial charge in [-0.3, -0.25) is 9.13 Å². The molecule has 6 heterocycles. The largest absolute Gasteiger partial charge is 0.394 e. The molecule has 2 fully saturated rings. The number of hydrogen-bond acceptors (Lipinski definition) is 16. The van der Waals surface area contributed by atoms with Crippen molar-refractivity contribution in [3.63, 3.8) is 0 Å². The van der Waals surface area contributed by atoms with Crippen LogP contribution in [0.25, 0.3) is 22.3 Å². The lowest BCUT2D eigenvalue weighted by molar-refractivity contribution is -0.226. The van der Waals surface area contributed by atoms with Gasteiger partial charge in [-0.2, -0.15) is 0 Å². The SMILES string of the molecule is Nc1ncnc2c1ncn2[C@]1(C(Cl)[C@@]2(n3cnc4c(N)ncnc43)O[C@H](CO)[C@@H](O)[C@H]2O)O[C@H](CO)[C@@H](O)[C@H]1O. The average molecular weight is 581 g/mol. The molecule has 2 aliphatic heterocycles. The van der Waals surface area contributed by atoms with Crippen LogP contribution in [-0.4, -0.2) is 125 Å². The van der Waals surface area contributed by atoms with Gasteiger partial charge in [0.1, 0.15) is 65.7 Å². The number of ether oxygens (including phenoxy) is 2. The van der Waals surface area contributed by atoms with Gasteiger partial charge >= 0.3 is 0 Å². The maximum absolute atomic E-state index is 11.6. The van der Waals surface area contributed by atoms with Crippen molar-refractivity contribution in [1.82, 2.24) is 39.0 Å². The Balaban J connectivity index is 1.66. The molecule has 0 radical (unpaired) electrons. The van der Waals surface area contributed by atoms with E-state index in [4.69, 9.17) is 32.5 Å². The van der Waals surface area contributed by atoms with Crippen molar-refractivity contribution in [2.24, 2.45) is 0 Å². The lowest BCUT2D eigenvalue weighted by Crippen LogP contribution is -2.64. The summed E-state index contributed by atoms with van der Waals surface area (Å²) in [5.41, 5.74) is 7.46. The predicted molar refractivity (Wildman–Crippen MR) is 133 cm³/mol. The van der Waals surface area contributed by atoms with E-state index >= 15 is 0 Å². The average Bonchev–Trinajstić information content (AvgIpc) is 3.70. The number of aromatic nitrogens is 8. The van der Waals surface area contributed by atoms with Gasteiger partial charge in [0.25, 0.3) is 0 Å². The van der Waals surface area contributed by atoms with E-state index in [1.165, 1.54) is 21.8 Å². The normalized spacial score (nSPS) is 34.5. The molecule has 8 atom stereocenters. The smallest absolute Gasteiger partial charge is 0.197 e. The van der Waals surface area contributed by atoms with Gasteiger partial charge in [-0.1, -0.05) is 0 Å². The second kappa shape index (κ2) is 9.36. The Hall–Kier alpha value is -3.33. The second-order valence-electron chi connectivity index (χ2n) is 9.51. The Kier molecular flexibility index (Phi) is 6.29. The molecule has 10 N–H and O–H groups in total. The van der Waals surface area contributed by atoms with Gasteiger partial charge in [-0.05, 0) is 0 Å². The quantitative estimate of drug-likeness (QED) is 0.101. The molecule has 214 valence electrons. The molecule has 6 rings (SSSR count). The van der Waals surface area contributed by atoms with Crippen LogP contribution in [0.1, 0.15) is 0 Å². The molecule has 0 amide bonds. The standard InChI is InChI=1S/C21H25ClN10O8/c22-19(20(13(37)11(35)7(1-33)39-20)31-5-29-9-15(23)25-3-27-17(9)31)21(14(38)12(36)8(2-34)40-21)32-6-30-10-16(24)26-4-28-18(10)32/h3-8,11-14,19,33-38H,1-2H2,(H2,23,25,27)(H2,24,26,28)/t7-,8-,11-,12-,13-,14-,20+,21+/m1/s1. The molecule has 0 saturated carbocycles. The third-order valence-electron chi connectivity index (χ3n) is 7.50. The van der Waals surface area contributed by atoms with Gasteiger partial charge in [0.15, 0.2) is 34.4 Å². The van der Waals surface area contributed by atoms with E-state index in [0.717, 1.165) is 12.7 Å². The van der Waals surface area contributed by atoms with Crippen LogP contribution in [0.4, 0.5) is 11.6 Å². The number of anilines is 2. The van der Waals surface area contributed by atoms with Gasteiger partial charge in [0, 0.05) is 0 Å². The number of imidazole rings is 2. The maximum Gasteiger partial charge on any atom is 0.197 e. The minimum absolute atomic E-state index is 0.00643. The van der Waals surface area contributed by atoms with Crippen LogP contribution >= 0.6 is 11.6 Å². The zero-order valence-corrected chi connectivity index (χ0v) is 21.1. The van der Waals surface area contributed by atoms with Crippen molar-refractivity contribution in [3.8, 4) is 0 Å². The topological polar surface area (TPSA) is 279 Å². The van der Waals surface area contributed by atoms with E-state index < -0.39 is 66.7 Å². The fourth-order valence-corrected chi connectivity index (χ4v) is 6.10. The first-order chi connectivity index (χ1) is 19.1. The zero-order chi connectivity index (χ0) is 28.6. The molecular weight excluding hydrogens is 556 g/mol. The summed E-state index contributed by atoms with van der Waals surface area (Å²) in [6, 6.07) is 0. The first kappa shape index (κ1) is 26.9. The second-order valence-corrected chi connectivity index (χ2v) is 9.94. The van der Waals surface area contributed by atoms with Gasteiger partial charge in [-0.25, -0.2) is 29.9 Å². The van der Waals surface area contributed by atoms with Crippen LogP contribution in [0.15, 0.2) is 25.3 Å². The number of nitrogen functional groups attached to an aromatic ring is 2. The molecule has 0 spiro atoms. The van der Waals surface area contributed by atoms with E-state index in [1.54, 1.807) is 0 Å². The van der Waals surface area contributed by atoms with Gasteiger partial charge in [-0.15, -0.1) is 11.6 Å². The van der Waals surface area contributed by atoms with Crippen molar-refractivity contribution in [2.45, 2.75) is 53.5 Å². The molecule has 40 heavy (non-hydrogen) atoms. The fourth-order valence-electron chi connectivity index (χ4n) is 5.53. The molecule has 0 aromatic carbocycles. The summed E-state index contributed by atoms with van der Waals surface area (Å²) < 4.78 is 14.6. The van der Waals surface area contributed by atoms with Crippen LogP contribution in [0.5, 0.6) is 0 Å². The van der Waals surface area contributed by atoms with Gasteiger partial charge in [0.05, 0.1) is 25.9 Å². The summed E-state index contributed by atoms with van der Waals surface area (Å²) >= 11 is 7.23. The number of nitrogens with two attached hydrogens (primary N) is 2. The number of alkyl halides is 1. The van der Waals surface area contributed by atoms with E-state index in [1.807, 2.05) is 0 Å². The number of rotatable bonds is 6. The molecule has 18 nitrogen and oxygen atoms in total. The summed E-state index contributed by atoms with van der Waals surface area (Å²) in [5.74, 6) is -0.0423. The van der Waals surface area contributed by atoms with Crippen molar-refractivity contribution >= 4 is 45.6 Å². The molecule has 4 aromatic rings. The molecule has 2 saturated heterocycles. The first-order valence-electron chi connectivity index (χ1n) is 11.9. The molecule has 0 unspecified atom stereocenters. The lowest BCUT2D eigenvalue weighted by Gasteiger charge is -2.47. The summed E-state index contributed by atoms with van der Waals surface area (Å²) in [5, 5.41) is 63.1. The predicted octanol–water partition coefficient (Wildman–Crippen LogP) is -4.03. The van der Waals surface area contributed by atoms with Gasteiger partial charge in [0.2, 0.25) is 0 Å². The van der Waals surface area contributed by atoms with E-state index in [9.17, 15) is 30.6 Å². The van der Waals surface area contributed by atoms with Gasteiger partial charge < -0.3 is 51.6 Å². The van der Waals surface area contributed by atoms with E-state index in [0.29, 0.717) is 0 Å². The molecule has 0 bridgehead atoms. The first-order valence-corrected chi connectivity index (χ1v) is 12.4. The van der Waals surface area contributed by atoms with Crippen LogP contribution < -0.4 is 11.5 Å². The molecule has 19 heteroatoms. The Morgan fingerprint density at radius 3 is 1.50 bits per heavy atom. The number of aliphatic hydroxyl groups is 6. The number of halogens is 1. The van der Waals surface area contributed by atoms with Crippen molar-refractivity contribution in [1.29, 1.82) is 0 Å². The summed E-state index contributed by atoms with van der Waals surface area (Å²) in [4.78, 5) is 24.6. The van der Waals surface area contributed by atoms with Crippen molar-refractivity contribution in [3.05, 3.63) is 25.3 Å².